The Kier molecular flexibility index (Phi) is 10.7. The lowest BCUT2D eigenvalue weighted by Crippen LogP contribution is -2.58. The van der Waals surface area contributed by atoms with E-state index in [9.17, 15) is 29.1 Å². The number of amides is 4. The predicted octanol–water partition coefficient (Wildman–Crippen LogP) is -2.29. The second-order valence-electron chi connectivity index (χ2n) is 8.86. The summed E-state index contributed by atoms with van der Waals surface area (Å²) in [7, 11) is 0. The van der Waals surface area contributed by atoms with Crippen molar-refractivity contribution in [1.29, 1.82) is 0 Å². The molecule has 0 aromatic carbocycles. The zero-order chi connectivity index (χ0) is 27.5. The molecule has 2 rings (SSSR count). The number of aromatic amines is 2. The fourth-order valence-corrected chi connectivity index (χ4v) is 3.43. The van der Waals surface area contributed by atoms with E-state index in [1.165, 1.54) is 25.0 Å². The topological polar surface area (TPSA) is 251 Å². The van der Waals surface area contributed by atoms with Crippen LogP contribution in [0, 0.1) is 5.92 Å². The average molecular weight is 520 g/mol. The van der Waals surface area contributed by atoms with Crippen LogP contribution in [0.15, 0.2) is 25.0 Å². The van der Waals surface area contributed by atoms with Crippen LogP contribution in [0.5, 0.6) is 0 Å². The van der Waals surface area contributed by atoms with Gasteiger partial charge in [0.25, 0.3) is 0 Å². The number of nitrogens with zero attached hydrogens (tertiary/aromatic N) is 2. The summed E-state index contributed by atoms with van der Waals surface area (Å²) >= 11 is 0. The monoisotopic (exact) mass is 519 g/mol. The van der Waals surface area contributed by atoms with Gasteiger partial charge >= 0.3 is 5.97 Å². The highest BCUT2D eigenvalue weighted by molar-refractivity contribution is 5.94. The molecule has 4 atom stereocenters. The summed E-state index contributed by atoms with van der Waals surface area (Å²) in [5.41, 5.74) is 12.3. The molecule has 0 aliphatic rings. The molecule has 37 heavy (non-hydrogen) atoms. The van der Waals surface area contributed by atoms with Gasteiger partial charge in [0, 0.05) is 43.0 Å². The van der Waals surface area contributed by atoms with Crippen LogP contribution in [-0.4, -0.2) is 78.8 Å². The molecule has 4 unspecified atom stereocenters. The number of carboxylic acids is 1. The van der Waals surface area contributed by atoms with E-state index in [2.05, 4.69) is 35.9 Å². The number of hydrogen-bond acceptors (Lipinski definition) is 8. The van der Waals surface area contributed by atoms with Crippen LogP contribution >= 0.6 is 0 Å². The minimum atomic E-state index is -1.29. The number of rotatable bonds is 15. The van der Waals surface area contributed by atoms with E-state index in [-0.39, 0.29) is 25.7 Å². The van der Waals surface area contributed by atoms with Crippen LogP contribution in [-0.2, 0) is 36.8 Å². The third-order valence-electron chi connectivity index (χ3n) is 5.49. The highest BCUT2D eigenvalue weighted by atomic mass is 16.4. The third kappa shape index (κ3) is 9.36. The summed E-state index contributed by atoms with van der Waals surface area (Å²) in [4.78, 5) is 75.2. The molecule has 10 N–H and O–H groups in total. The summed E-state index contributed by atoms with van der Waals surface area (Å²) in [5, 5.41) is 16.9. The summed E-state index contributed by atoms with van der Waals surface area (Å²) in [5.74, 6) is -4.59. The lowest BCUT2D eigenvalue weighted by Gasteiger charge is -2.25. The number of imidazole rings is 2. The van der Waals surface area contributed by atoms with Gasteiger partial charge in [-0.25, -0.2) is 14.8 Å². The van der Waals surface area contributed by atoms with Gasteiger partial charge in [0.05, 0.1) is 18.7 Å². The number of carboxylic acid groups (broad SMARTS) is 1. The molecule has 15 heteroatoms. The van der Waals surface area contributed by atoms with Gasteiger partial charge in [-0.05, 0) is 12.3 Å². The Morgan fingerprint density at radius 2 is 1.43 bits per heavy atom. The molecule has 2 heterocycles. The molecule has 0 spiro atoms. The molecule has 4 amide bonds. The Hall–Kier alpha value is -4.27. The summed E-state index contributed by atoms with van der Waals surface area (Å²) in [6, 6.07) is -4.69. The standard InChI is InChI=1S/C22H33N9O6/c1-11(2)18(22(36)37)31-20(34)15(3-4-17(24)32)29-21(35)16(6-13-8-26-10-28-13)30-19(33)14(23)5-12-7-25-9-27-12/h7-11,14-16,18H,3-6,23H2,1-2H3,(H2,24,32)(H,25,27)(H,26,28)(H,29,35)(H,30,33)(H,31,34)(H,36,37). The molecule has 15 nitrogen and oxygen atoms in total. The van der Waals surface area contributed by atoms with Crippen LogP contribution in [0.1, 0.15) is 38.1 Å². The van der Waals surface area contributed by atoms with Crippen molar-refractivity contribution < 1.29 is 29.1 Å². The first-order valence-electron chi connectivity index (χ1n) is 11.6. The average Bonchev–Trinajstić information content (AvgIpc) is 3.53. The SMILES string of the molecule is CC(C)C(NC(=O)C(CCC(N)=O)NC(=O)C(Cc1cnc[nH]1)NC(=O)C(N)Cc1cnc[nH]1)C(=O)O. The van der Waals surface area contributed by atoms with Crippen LogP contribution < -0.4 is 27.4 Å². The zero-order valence-electron chi connectivity index (χ0n) is 20.6. The molecule has 0 aliphatic heterocycles. The van der Waals surface area contributed by atoms with E-state index in [4.69, 9.17) is 11.5 Å². The fourth-order valence-electron chi connectivity index (χ4n) is 3.43. The second-order valence-corrected chi connectivity index (χ2v) is 8.86. The van der Waals surface area contributed by atoms with E-state index < -0.39 is 59.7 Å². The normalized spacial score (nSPS) is 14.3. The first kappa shape index (κ1) is 29.0. The van der Waals surface area contributed by atoms with Gasteiger partial charge in [0.2, 0.25) is 23.6 Å². The lowest BCUT2D eigenvalue weighted by atomic mass is 10.0. The molecule has 0 aliphatic carbocycles. The van der Waals surface area contributed by atoms with Crippen LogP contribution in [0.25, 0.3) is 0 Å². The Bertz CT molecular complexity index is 1050. The summed E-state index contributed by atoms with van der Waals surface area (Å²) in [6.45, 7) is 3.22. The van der Waals surface area contributed by atoms with E-state index in [1.807, 2.05) is 0 Å². The number of nitrogens with two attached hydrogens (primary N) is 2. The number of hydrogen-bond donors (Lipinski definition) is 8. The summed E-state index contributed by atoms with van der Waals surface area (Å²) < 4.78 is 0. The molecule has 0 saturated carbocycles. The maximum atomic E-state index is 13.2. The molecule has 0 saturated heterocycles. The summed E-state index contributed by atoms with van der Waals surface area (Å²) in [6.07, 6.45) is 5.53. The van der Waals surface area contributed by atoms with Crippen LogP contribution in [0.2, 0.25) is 0 Å². The number of H-pyrrole nitrogens is 2. The largest absolute Gasteiger partial charge is 0.480 e. The molecule has 0 fully saturated rings. The number of aliphatic carboxylic acids is 1. The van der Waals surface area contributed by atoms with Crippen molar-refractivity contribution in [1.82, 2.24) is 35.9 Å². The zero-order valence-corrected chi connectivity index (χ0v) is 20.6. The Morgan fingerprint density at radius 3 is 1.92 bits per heavy atom. The van der Waals surface area contributed by atoms with E-state index in [1.54, 1.807) is 13.8 Å². The highest BCUT2D eigenvalue weighted by Crippen LogP contribution is 2.07. The van der Waals surface area contributed by atoms with Crippen LogP contribution in [0.3, 0.4) is 0 Å². The van der Waals surface area contributed by atoms with Gasteiger partial charge < -0.3 is 42.5 Å². The van der Waals surface area contributed by atoms with Gasteiger partial charge in [0.1, 0.15) is 18.1 Å². The molecular formula is C22H33N9O6. The minimum Gasteiger partial charge on any atom is -0.480 e. The predicted molar refractivity (Wildman–Crippen MR) is 129 cm³/mol. The van der Waals surface area contributed by atoms with E-state index in [0.29, 0.717) is 11.4 Å². The maximum absolute atomic E-state index is 13.2. The van der Waals surface area contributed by atoms with Crippen molar-refractivity contribution in [3.8, 4) is 0 Å². The molecule has 202 valence electrons. The van der Waals surface area contributed by atoms with E-state index in [0.717, 1.165) is 0 Å². The Morgan fingerprint density at radius 1 is 0.892 bits per heavy atom. The van der Waals surface area contributed by atoms with Crippen molar-refractivity contribution in [2.75, 3.05) is 0 Å². The minimum absolute atomic E-state index is 0.0117. The van der Waals surface area contributed by atoms with E-state index >= 15 is 0 Å². The molecule has 0 radical (unpaired) electrons. The van der Waals surface area contributed by atoms with Crippen molar-refractivity contribution in [2.24, 2.45) is 17.4 Å². The fraction of sp³-hybridized carbons (Fsp3) is 0.500. The van der Waals surface area contributed by atoms with Crippen LogP contribution in [0.4, 0.5) is 0 Å². The van der Waals surface area contributed by atoms with Crippen molar-refractivity contribution >= 4 is 29.6 Å². The molecule has 2 aromatic rings. The Labute approximate surface area is 212 Å². The number of primary amides is 1. The number of carbonyl (C=O) groups excluding carboxylic acids is 4. The van der Waals surface area contributed by atoms with Crippen molar-refractivity contribution in [3.63, 3.8) is 0 Å². The van der Waals surface area contributed by atoms with Crippen molar-refractivity contribution in [2.45, 2.75) is 63.7 Å². The Balaban J connectivity index is 2.18. The number of carbonyl (C=O) groups is 5. The molecular weight excluding hydrogens is 486 g/mol. The highest BCUT2D eigenvalue weighted by Gasteiger charge is 2.31. The first-order chi connectivity index (χ1) is 17.5. The maximum Gasteiger partial charge on any atom is 0.326 e. The van der Waals surface area contributed by atoms with Gasteiger partial charge in [-0.3, -0.25) is 19.2 Å². The van der Waals surface area contributed by atoms with Gasteiger partial charge in [-0.15, -0.1) is 0 Å². The third-order valence-corrected chi connectivity index (χ3v) is 5.49. The second kappa shape index (κ2) is 13.7. The number of nitrogens with one attached hydrogen (secondary N) is 5. The lowest BCUT2D eigenvalue weighted by molar-refractivity contribution is -0.143. The van der Waals surface area contributed by atoms with Gasteiger partial charge in [0.15, 0.2) is 0 Å². The molecule has 2 aromatic heterocycles. The number of aromatic nitrogens is 4. The quantitative estimate of drug-likeness (QED) is 0.126. The van der Waals surface area contributed by atoms with Gasteiger partial charge in [-0.2, -0.15) is 0 Å². The smallest absolute Gasteiger partial charge is 0.326 e. The first-order valence-corrected chi connectivity index (χ1v) is 11.6. The van der Waals surface area contributed by atoms with Crippen molar-refractivity contribution in [3.05, 3.63) is 36.4 Å². The molecule has 0 bridgehead atoms. The van der Waals surface area contributed by atoms with Gasteiger partial charge in [-0.1, -0.05) is 13.8 Å².